The van der Waals surface area contributed by atoms with Gasteiger partial charge < -0.3 is 10.0 Å². The van der Waals surface area contributed by atoms with Crippen molar-refractivity contribution in [2.24, 2.45) is 5.41 Å². The quantitative estimate of drug-likeness (QED) is 0.488. The van der Waals surface area contributed by atoms with E-state index in [4.69, 9.17) is 0 Å². The summed E-state index contributed by atoms with van der Waals surface area (Å²) in [6.45, 7) is 0.220. The Hall–Kier alpha value is -3.06. The number of nitro groups is 1. The van der Waals surface area contributed by atoms with Crippen LogP contribution in [0.4, 0.5) is 5.69 Å². The SMILES string of the molecule is O=C1CCC[C@@]12C(=O)N(Cc1ccccc1)[C@H](O)C[C@@H]2c1cccc([N+](=O)[O-])c1. The van der Waals surface area contributed by atoms with Crippen molar-refractivity contribution in [3.8, 4) is 0 Å². The first kappa shape index (κ1) is 19.3. The van der Waals surface area contributed by atoms with Crippen LogP contribution in [0.1, 0.15) is 42.7 Å². The van der Waals surface area contributed by atoms with Gasteiger partial charge in [0, 0.05) is 37.4 Å². The van der Waals surface area contributed by atoms with Crippen LogP contribution >= 0.6 is 0 Å². The van der Waals surface area contributed by atoms with Crippen LogP contribution in [0, 0.1) is 15.5 Å². The zero-order chi connectivity index (χ0) is 20.6. The zero-order valence-electron chi connectivity index (χ0n) is 15.9. The van der Waals surface area contributed by atoms with Gasteiger partial charge in [-0.1, -0.05) is 42.5 Å². The molecule has 7 heteroatoms. The van der Waals surface area contributed by atoms with E-state index in [1.807, 2.05) is 30.3 Å². The molecular formula is C22H22N2O5. The highest BCUT2D eigenvalue weighted by molar-refractivity contribution is 6.09. The Morgan fingerprint density at radius 3 is 2.55 bits per heavy atom. The van der Waals surface area contributed by atoms with Gasteiger partial charge in [-0.15, -0.1) is 0 Å². The number of likely N-dealkylation sites (tertiary alicyclic amines) is 1. The summed E-state index contributed by atoms with van der Waals surface area (Å²) in [5.74, 6) is -1.09. The molecule has 2 aromatic carbocycles. The number of rotatable bonds is 4. The molecule has 1 spiro atoms. The zero-order valence-corrected chi connectivity index (χ0v) is 15.9. The average molecular weight is 394 g/mol. The highest BCUT2D eigenvalue weighted by Gasteiger charge is 2.59. The first-order chi connectivity index (χ1) is 13.9. The number of aliphatic hydroxyl groups is 1. The summed E-state index contributed by atoms with van der Waals surface area (Å²) in [7, 11) is 0. The molecule has 7 nitrogen and oxygen atoms in total. The molecule has 2 aromatic rings. The Labute approximate surface area is 168 Å². The van der Waals surface area contributed by atoms with Gasteiger partial charge in [0.2, 0.25) is 5.91 Å². The lowest BCUT2D eigenvalue weighted by Gasteiger charge is -2.47. The molecule has 1 aliphatic heterocycles. The Morgan fingerprint density at radius 1 is 1.14 bits per heavy atom. The van der Waals surface area contributed by atoms with Crippen molar-refractivity contribution in [2.45, 2.75) is 44.4 Å². The van der Waals surface area contributed by atoms with Crippen molar-refractivity contribution >= 4 is 17.4 Å². The summed E-state index contributed by atoms with van der Waals surface area (Å²) in [5, 5.41) is 22.0. The standard InChI is InChI=1S/C22H22N2O5/c25-19-10-5-11-22(19)18(16-8-4-9-17(12-16)24(28)29)13-20(26)23(21(22)27)14-15-6-2-1-3-7-15/h1-4,6-9,12,18,20,26H,5,10-11,13-14H2/t18-,20-,22+/m1/s1. The second kappa shape index (κ2) is 7.40. The third-order valence-electron chi connectivity index (χ3n) is 6.20. The molecule has 1 aliphatic carbocycles. The molecule has 1 heterocycles. The van der Waals surface area contributed by atoms with Crippen LogP contribution in [0.15, 0.2) is 54.6 Å². The number of hydrogen-bond donors (Lipinski definition) is 1. The van der Waals surface area contributed by atoms with Gasteiger partial charge in [0.05, 0.1) is 4.92 Å². The van der Waals surface area contributed by atoms with Crippen molar-refractivity contribution < 1.29 is 19.6 Å². The van der Waals surface area contributed by atoms with Gasteiger partial charge in [-0.3, -0.25) is 19.7 Å². The summed E-state index contributed by atoms with van der Waals surface area (Å²) >= 11 is 0. The van der Waals surface area contributed by atoms with E-state index < -0.39 is 22.5 Å². The van der Waals surface area contributed by atoms with E-state index in [2.05, 4.69) is 0 Å². The largest absolute Gasteiger partial charge is 0.373 e. The molecular weight excluding hydrogens is 372 g/mol. The van der Waals surface area contributed by atoms with Crippen molar-refractivity contribution in [3.63, 3.8) is 0 Å². The number of amides is 1. The van der Waals surface area contributed by atoms with Crippen molar-refractivity contribution in [1.29, 1.82) is 0 Å². The van der Waals surface area contributed by atoms with Crippen LogP contribution < -0.4 is 0 Å². The fourth-order valence-corrected chi connectivity index (χ4v) is 4.80. The lowest BCUT2D eigenvalue weighted by Crippen LogP contribution is -2.58. The van der Waals surface area contributed by atoms with E-state index in [1.165, 1.54) is 17.0 Å². The molecule has 0 radical (unpaired) electrons. The first-order valence-electron chi connectivity index (χ1n) is 9.74. The molecule has 29 heavy (non-hydrogen) atoms. The van der Waals surface area contributed by atoms with Crippen molar-refractivity contribution in [1.82, 2.24) is 4.90 Å². The number of ketones is 1. The third kappa shape index (κ3) is 3.21. The molecule has 1 saturated heterocycles. The molecule has 1 amide bonds. The number of piperidine rings is 1. The van der Waals surface area contributed by atoms with E-state index in [-0.39, 0.29) is 30.3 Å². The summed E-state index contributed by atoms with van der Waals surface area (Å²) in [6.07, 6.45) is 0.421. The fourth-order valence-electron chi connectivity index (χ4n) is 4.80. The number of nitro benzene ring substituents is 1. The summed E-state index contributed by atoms with van der Waals surface area (Å²) in [5.41, 5.74) is 0.0794. The third-order valence-corrected chi connectivity index (χ3v) is 6.20. The second-order valence-electron chi connectivity index (χ2n) is 7.79. The van der Waals surface area contributed by atoms with E-state index in [1.54, 1.807) is 12.1 Å². The topological polar surface area (TPSA) is 101 Å². The van der Waals surface area contributed by atoms with Gasteiger partial charge in [0.1, 0.15) is 17.4 Å². The van der Waals surface area contributed by atoms with E-state index in [0.29, 0.717) is 24.8 Å². The van der Waals surface area contributed by atoms with Crippen molar-refractivity contribution in [2.75, 3.05) is 0 Å². The molecule has 0 aromatic heterocycles. The minimum atomic E-state index is -1.26. The molecule has 0 unspecified atom stereocenters. The van der Waals surface area contributed by atoms with Crippen molar-refractivity contribution in [3.05, 3.63) is 75.8 Å². The minimum Gasteiger partial charge on any atom is -0.373 e. The molecule has 1 N–H and O–H groups in total. The Kier molecular flexibility index (Phi) is 4.92. The van der Waals surface area contributed by atoms with Crippen LogP contribution in [0.3, 0.4) is 0 Å². The number of nitrogens with zero attached hydrogens (tertiary/aromatic N) is 2. The molecule has 4 rings (SSSR count). The molecule has 150 valence electrons. The van der Waals surface area contributed by atoms with E-state index in [9.17, 15) is 24.8 Å². The average Bonchev–Trinajstić information content (AvgIpc) is 3.11. The molecule has 0 bridgehead atoms. The second-order valence-corrected chi connectivity index (χ2v) is 7.79. The number of benzene rings is 2. The highest BCUT2D eigenvalue weighted by Crippen LogP contribution is 2.53. The maximum Gasteiger partial charge on any atom is 0.269 e. The van der Waals surface area contributed by atoms with Crippen LogP contribution in [0.2, 0.25) is 0 Å². The first-order valence-corrected chi connectivity index (χ1v) is 9.74. The van der Waals surface area contributed by atoms with E-state index in [0.717, 1.165) is 5.56 Å². The highest BCUT2D eigenvalue weighted by atomic mass is 16.6. The van der Waals surface area contributed by atoms with Crippen LogP contribution in [0.25, 0.3) is 0 Å². The Morgan fingerprint density at radius 2 is 1.90 bits per heavy atom. The molecule has 1 saturated carbocycles. The number of non-ortho nitro benzene ring substituents is 1. The van der Waals surface area contributed by atoms with Gasteiger partial charge in [-0.2, -0.15) is 0 Å². The number of carbonyl (C=O) groups excluding carboxylic acids is 2. The molecule has 2 fully saturated rings. The monoisotopic (exact) mass is 394 g/mol. The normalized spacial score (nSPS) is 26.9. The van der Waals surface area contributed by atoms with Gasteiger partial charge in [0.15, 0.2) is 0 Å². The number of Topliss-reactive ketones (excluding diaryl/α,β-unsaturated/α-hetero) is 1. The predicted molar refractivity (Wildman–Crippen MR) is 105 cm³/mol. The Bertz CT molecular complexity index is 961. The van der Waals surface area contributed by atoms with Crippen LogP contribution in [0.5, 0.6) is 0 Å². The van der Waals surface area contributed by atoms with Gasteiger partial charge in [0.25, 0.3) is 5.69 Å². The number of carbonyl (C=O) groups is 2. The smallest absolute Gasteiger partial charge is 0.269 e. The van der Waals surface area contributed by atoms with E-state index >= 15 is 0 Å². The van der Waals surface area contributed by atoms with Crippen LogP contribution in [-0.2, 0) is 16.1 Å². The minimum absolute atomic E-state index is 0.0863. The van der Waals surface area contributed by atoms with Gasteiger partial charge in [-0.25, -0.2) is 0 Å². The maximum absolute atomic E-state index is 13.6. The number of hydrogen-bond acceptors (Lipinski definition) is 5. The Balaban J connectivity index is 1.74. The van der Waals surface area contributed by atoms with Crippen LogP contribution in [-0.4, -0.2) is 32.8 Å². The number of aliphatic hydroxyl groups excluding tert-OH is 1. The maximum atomic E-state index is 13.6. The summed E-state index contributed by atoms with van der Waals surface area (Å²) in [4.78, 5) is 38.7. The summed E-state index contributed by atoms with van der Waals surface area (Å²) < 4.78 is 0. The lowest BCUT2D eigenvalue weighted by molar-refractivity contribution is -0.385. The fraction of sp³-hybridized carbons (Fsp3) is 0.364. The summed E-state index contributed by atoms with van der Waals surface area (Å²) in [6, 6.07) is 15.4. The molecule has 2 aliphatic rings. The van der Waals surface area contributed by atoms with Gasteiger partial charge >= 0.3 is 0 Å². The molecule has 3 atom stereocenters. The van der Waals surface area contributed by atoms with Gasteiger partial charge in [-0.05, 0) is 24.0 Å². The lowest BCUT2D eigenvalue weighted by atomic mass is 9.65. The predicted octanol–water partition coefficient (Wildman–Crippen LogP) is 3.17.